The molecule has 0 aliphatic carbocycles. The van der Waals surface area contributed by atoms with Gasteiger partial charge in [-0.15, -0.1) is 0 Å². The number of amides is 1. The van der Waals surface area contributed by atoms with Crippen molar-refractivity contribution in [3.8, 4) is 11.4 Å². The molecule has 0 bridgehead atoms. The van der Waals surface area contributed by atoms with Gasteiger partial charge in [-0.25, -0.2) is 0 Å². The maximum absolute atomic E-state index is 11.8. The van der Waals surface area contributed by atoms with Gasteiger partial charge in [0, 0.05) is 44.4 Å². The maximum atomic E-state index is 11.8. The number of nitrogens with zero attached hydrogens (tertiary/aromatic N) is 4. The average Bonchev–Trinajstić information content (AvgIpc) is 3.00. The van der Waals surface area contributed by atoms with E-state index in [9.17, 15) is 9.59 Å². The van der Waals surface area contributed by atoms with Crippen LogP contribution in [0.25, 0.3) is 11.4 Å². The Hall–Kier alpha value is -2.77. The van der Waals surface area contributed by atoms with Crippen molar-refractivity contribution in [2.45, 2.75) is 19.3 Å². The van der Waals surface area contributed by atoms with Gasteiger partial charge in [-0.2, -0.15) is 4.98 Å². The molecule has 8 nitrogen and oxygen atoms in total. The molecule has 0 spiro atoms. The Labute approximate surface area is 126 Å². The van der Waals surface area contributed by atoms with Crippen molar-refractivity contribution < 1.29 is 19.2 Å². The van der Waals surface area contributed by atoms with Crippen LogP contribution in [0.1, 0.15) is 18.7 Å². The summed E-state index contributed by atoms with van der Waals surface area (Å²) in [6.45, 7) is 0.181. The van der Waals surface area contributed by atoms with E-state index in [0.717, 1.165) is 5.56 Å². The van der Waals surface area contributed by atoms with E-state index < -0.39 is 5.97 Å². The summed E-state index contributed by atoms with van der Waals surface area (Å²) in [6, 6.07) is 3.53. The molecule has 0 saturated carbocycles. The third kappa shape index (κ3) is 4.37. The summed E-state index contributed by atoms with van der Waals surface area (Å²) in [5.74, 6) is -0.278. The second-order valence-corrected chi connectivity index (χ2v) is 4.71. The summed E-state index contributed by atoms with van der Waals surface area (Å²) in [4.78, 5) is 31.8. The van der Waals surface area contributed by atoms with Crippen LogP contribution in [0.15, 0.2) is 29.0 Å². The number of hydrogen-bond donors (Lipinski definition) is 1. The van der Waals surface area contributed by atoms with Crippen molar-refractivity contribution >= 4 is 11.9 Å². The van der Waals surface area contributed by atoms with E-state index in [2.05, 4.69) is 15.1 Å². The number of carboxylic acid groups (broad SMARTS) is 1. The molecular weight excluding hydrogens is 288 g/mol. The molecule has 0 atom stereocenters. The van der Waals surface area contributed by atoms with E-state index in [1.807, 2.05) is 0 Å². The Kier molecular flexibility index (Phi) is 5.18. The average molecular weight is 304 g/mol. The molecule has 0 saturated heterocycles. The van der Waals surface area contributed by atoms with E-state index in [0.29, 0.717) is 18.1 Å². The van der Waals surface area contributed by atoms with Gasteiger partial charge < -0.3 is 14.5 Å². The van der Waals surface area contributed by atoms with Gasteiger partial charge in [-0.1, -0.05) is 5.16 Å². The SMILES string of the molecule is CN(CCC(=O)O)C(=O)CCc1nc(-c2ccncc2)no1. The Morgan fingerprint density at radius 1 is 1.27 bits per heavy atom. The molecule has 2 aromatic heterocycles. The fourth-order valence-corrected chi connectivity index (χ4v) is 1.77. The van der Waals surface area contributed by atoms with Crippen LogP contribution in [-0.4, -0.2) is 50.6 Å². The van der Waals surface area contributed by atoms with Gasteiger partial charge >= 0.3 is 5.97 Å². The van der Waals surface area contributed by atoms with Gasteiger partial charge in [0.2, 0.25) is 17.6 Å². The second-order valence-electron chi connectivity index (χ2n) is 4.71. The number of carboxylic acids is 1. The molecule has 2 aromatic rings. The van der Waals surface area contributed by atoms with E-state index in [1.165, 1.54) is 4.90 Å². The first-order valence-corrected chi connectivity index (χ1v) is 6.75. The molecule has 0 fully saturated rings. The number of aromatic nitrogens is 3. The molecule has 1 amide bonds. The standard InChI is InChI=1S/C14H16N4O4/c1-18(9-6-13(20)21)12(19)3-2-11-16-14(17-22-11)10-4-7-15-8-5-10/h4-5,7-8H,2-3,6,9H2,1H3,(H,20,21). The molecule has 8 heteroatoms. The van der Waals surface area contributed by atoms with Crippen molar-refractivity contribution in [3.05, 3.63) is 30.4 Å². The summed E-state index contributed by atoms with van der Waals surface area (Å²) >= 11 is 0. The van der Waals surface area contributed by atoms with Crippen LogP contribution >= 0.6 is 0 Å². The number of carbonyl (C=O) groups excluding carboxylic acids is 1. The lowest BCUT2D eigenvalue weighted by Gasteiger charge is -2.15. The number of rotatable bonds is 7. The molecule has 1 N–H and O–H groups in total. The van der Waals surface area contributed by atoms with Crippen LogP contribution in [0.4, 0.5) is 0 Å². The zero-order valence-corrected chi connectivity index (χ0v) is 12.1. The smallest absolute Gasteiger partial charge is 0.305 e. The highest BCUT2D eigenvalue weighted by molar-refractivity contribution is 5.76. The van der Waals surface area contributed by atoms with Crippen molar-refractivity contribution in [1.82, 2.24) is 20.0 Å². The minimum Gasteiger partial charge on any atom is -0.481 e. The zero-order chi connectivity index (χ0) is 15.9. The Morgan fingerprint density at radius 3 is 2.68 bits per heavy atom. The van der Waals surface area contributed by atoms with Gasteiger partial charge in [-0.05, 0) is 12.1 Å². The van der Waals surface area contributed by atoms with Crippen molar-refractivity contribution in [2.75, 3.05) is 13.6 Å². The van der Waals surface area contributed by atoms with Gasteiger partial charge in [0.05, 0.1) is 6.42 Å². The molecule has 0 radical (unpaired) electrons. The van der Waals surface area contributed by atoms with E-state index in [1.54, 1.807) is 31.6 Å². The maximum Gasteiger partial charge on any atom is 0.305 e. The Balaban J connectivity index is 1.86. The van der Waals surface area contributed by atoms with Gasteiger partial charge in [0.25, 0.3) is 0 Å². The second kappa shape index (κ2) is 7.30. The van der Waals surface area contributed by atoms with Crippen LogP contribution < -0.4 is 0 Å². The van der Waals surface area contributed by atoms with Crippen molar-refractivity contribution in [3.63, 3.8) is 0 Å². The number of pyridine rings is 1. The monoisotopic (exact) mass is 304 g/mol. The largest absolute Gasteiger partial charge is 0.481 e. The van der Waals surface area contributed by atoms with Crippen LogP contribution in [0, 0.1) is 0 Å². The molecule has 0 aliphatic heterocycles. The fourth-order valence-electron chi connectivity index (χ4n) is 1.77. The van der Waals surface area contributed by atoms with Gasteiger partial charge in [0.15, 0.2) is 0 Å². The van der Waals surface area contributed by atoms with Crippen LogP contribution in [0.3, 0.4) is 0 Å². The van der Waals surface area contributed by atoms with Gasteiger partial charge in [-0.3, -0.25) is 14.6 Å². The van der Waals surface area contributed by atoms with E-state index in [-0.39, 0.29) is 25.3 Å². The highest BCUT2D eigenvalue weighted by Gasteiger charge is 2.13. The summed E-state index contributed by atoms with van der Waals surface area (Å²) < 4.78 is 5.10. The summed E-state index contributed by atoms with van der Waals surface area (Å²) in [7, 11) is 1.57. The Bertz CT molecular complexity index is 641. The molecule has 22 heavy (non-hydrogen) atoms. The first-order chi connectivity index (χ1) is 10.6. The van der Waals surface area contributed by atoms with Crippen LogP contribution in [0.2, 0.25) is 0 Å². The third-order valence-corrected chi connectivity index (χ3v) is 3.05. The van der Waals surface area contributed by atoms with Crippen molar-refractivity contribution in [2.24, 2.45) is 0 Å². The van der Waals surface area contributed by atoms with Crippen molar-refractivity contribution in [1.29, 1.82) is 0 Å². The molecule has 0 aliphatic rings. The first-order valence-electron chi connectivity index (χ1n) is 6.75. The lowest BCUT2D eigenvalue weighted by atomic mass is 10.2. The quantitative estimate of drug-likeness (QED) is 0.812. The highest BCUT2D eigenvalue weighted by Crippen LogP contribution is 2.14. The molecule has 2 heterocycles. The van der Waals surface area contributed by atoms with Gasteiger partial charge in [0.1, 0.15) is 0 Å². The molecular formula is C14H16N4O4. The van der Waals surface area contributed by atoms with E-state index in [4.69, 9.17) is 9.63 Å². The number of aryl methyl sites for hydroxylation is 1. The van der Waals surface area contributed by atoms with E-state index >= 15 is 0 Å². The summed E-state index contributed by atoms with van der Waals surface area (Å²) in [6.07, 6.45) is 3.69. The zero-order valence-electron chi connectivity index (χ0n) is 12.1. The topological polar surface area (TPSA) is 109 Å². The fraction of sp³-hybridized carbons (Fsp3) is 0.357. The minimum atomic E-state index is -0.932. The lowest BCUT2D eigenvalue weighted by molar-refractivity contribution is -0.138. The minimum absolute atomic E-state index is 0.0744. The molecule has 2 rings (SSSR count). The lowest BCUT2D eigenvalue weighted by Crippen LogP contribution is -2.29. The Morgan fingerprint density at radius 2 is 2.00 bits per heavy atom. The normalized spacial score (nSPS) is 10.4. The number of carbonyl (C=O) groups is 2. The highest BCUT2D eigenvalue weighted by atomic mass is 16.5. The predicted molar refractivity (Wildman–Crippen MR) is 75.7 cm³/mol. The summed E-state index contributed by atoms with van der Waals surface area (Å²) in [5.41, 5.74) is 0.787. The number of hydrogen-bond acceptors (Lipinski definition) is 6. The first kappa shape index (κ1) is 15.6. The third-order valence-electron chi connectivity index (χ3n) is 3.05. The van der Waals surface area contributed by atoms with Crippen LogP contribution in [-0.2, 0) is 16.0 Å². The molecule has 0 unspecified atom stereocenters. The summed E-state index contributed by atoms with van der Waals surface area (Å²) in [5, 5.41) is 12.4. The van der Waals surface area contributed by atoms with Crippen LogP contribution in [0.5, 0.6) is 0 Å². The molecule has 0 aromatic carbocycles. The predicted octanol–water partition coefficient (Wildman–Crippen LogP) is 0.997. The molecule has 116 valence electrons. The number of aliphatic carboxylic acids is 1.